The van der Waals surface area contributed by atoms with E-state index in [0.717, 1.165) is 37.6 Å². The van der Waals surface area contributed by atoms with Crippen LogP contribution in [0.4, 0.5) is 0 Å². The number of aliphatic carboxylic acids is 1. The largest absolute Gasteiger partial charge is 0.490 e. The quantitative estimate of drug-likeness (QED) is 0.717. The predicted molar refractivity (Wildman–Crippen MR) is 113 cm³/mol. The van der Waals surface area contributed by atoms with Crippen LogP contribution in [-0.2, 0) is 4.79 Å². The molecule has 1 aliphatic carbocycles. The van der Waals surface area contributed by atoms with Gasteiger partial charge in [-0.3, -0.25) is 4.79 Å². The highest BCUT2D eigenvalue weighted by Crippen LogP contribution is 2.39. The number of likely N-dealkylation sites (tertiary alicyclic amines) is 1. The minimum atomic E-state index is -0.704. The summed E-state index contributed by atoms with van der Waals surface area (Å²) in [5.41, 5.74) is 1.80. The fourth-order valence-corrected chi connectivity index (χ4v) is 4.80. The monoisotopic (exact) mass is 387 g/mol. The van der Waals surface area contributed by atoms with Crippen molar-refractivity contribution in [2.75, 3.05) is 19.6 Å². The van der Waals surface area contributed by atoms with Crippen molar-refractivity contribution in [3.05, 3.63) is 29.8 Å². The van der Waals surface area contributed by atoms with Crippen LogP contribution in [0.1, 0.15) is 77.2 Å². The van der Waals surface area contributed by atoms with Gasteiger partial charge in [0.1, 0.15) is 5.75 Å². The minimum absolute atomic E-state index is 0.244. The number of rotatable bonds is 6. The van der Waals surface area contributed by atoms with Crippen molar-refractivity contribution in [1.29, 1.82) is 0 Å². The van der Waals surface area contributed by atoms with E-state index in [1.165, 1.54) is 31.2 Å². The van der Waals surface area contributed by atoms with Gasteiger partial charge in [-0.05, 0) is 86.6 Å². The molecule has 0 amide bonds. The van der Waals surface area contributed by atoms with Crippen LogP contribution in [-0.4, -0.2) is 41.7 Å². The molecule has 0 atom stereocenters. The fourth-order valence-electron chi connectivity index (χ4n) is 4.80. The Morgan fingerprint density at radius 1 is 1.04 bits per heavy atom. The van der Waals surface area contributed by atoms with Crippen molar-refractivity contribution in [3.8, 4) is 5.75 Å². The van der Waals surface area contributed by atoms with Crippen molar-refractivity contribution in [1.82, 2.24) is 4.90 Å². The molecule has 1 N–H and O–H groups in total. The molecule has 4 heteroatoms. The molecule has 0 bridgehead atoms. The standard InChI is InChI=1S/C24H37NO3/c1-24(2,3)20-6-10-22(11-7-20)28-21-8-4-18(5-9-21)19-12-15-25(16-13-19)17-14-23(26)27/h4-5,8-9,19-20,22H,6-7,10-17H2,1-3H3,(H,26,27)/t20-,22-. The van der Waals surface area contributed by atoms with Gasteiger partial charge in [0.25, 0.3) is 0 Å². The molecule has 1 saturated heterocycles. The van der Waals surface area contributed by atoms with Crippen molar-refractivity contribution < 1.29 is 14.6 Å². The number of carboxylic acids is 1. The molecule has 1 aromatic rings. The van der Waals surface area contributed by atoms with Crippen LogP contribution in [0, 0.1) is 11.3 Å². The van der Waals surface area contributed by atoms with Crippen LogP contribution in [0.2, 0.25) is 0 Å². The molecule has 2 aliphatic rings. The zero-order valence-electron chi connectivity index (χ0n) is 17.8. The molecule has 2 fully saturated rings. The number of hydrogen-bond acceptors (Lipinski definition) is 3. The Kier molecular flexibility index (Phi) is 7.03. The smallest absolute Gasteiger partial charge is 0.304 e. The first-order valence-electron chi connectivity index (χ1n) is 11.0. The van der Waals surface area contributed by atoms with Crippen LogP contribution in [0.5, 0.6) is 5.75 Å². The van der Waals surface area contributed by atoms with Crippen LogP contribution in [0.3, 0.4) is 0 Å². The molecule has 0 aromatic heterocycles. The van der Waals surface area contributed by atoms with Crippen LogP contribution in [0.25, 0.3) is 0 Å². The van der Waals surface area contributed by atoms with Gasteiger partial charge in [0.15, 0.2) is 0 Å². The third-order valence-corrected chi connectivity index (χ3v) is 6.78. The first-order valence-corrected chi connectivity index (χ1v) is 11.0. The zero-order valence-corrected chi connectivity index (χ0v) is 17.8. The molecule has 1 saturated carbocycles. The number of carbonyl (C=O) groups is 1. The number of nitrogens with zero attached hydrogens (tertiary/aromatic N) is 1. The first kappa shape index (κ1) is 21.2. The average Bonchev–Trinajstić information content (AvgIpc) is 2.67. The summed E-state index contributed by atoms with van der Waals surface area (Å²) in [7, 11) is 0. The topological polar surface area (TPSA) is 49.8 Å². The van der Waals surface area contributed by atoms with Gasteiger partial charge in [0.05, 0.1) is 12.5 Å². The highest BCUT2D eigenvalue weighted by molar-refractivity contribution is 5.66. The summed E-state index contributed by atoms with van der Waals surface area (Å²) >= 11 is 0. The van der Waals surface area contributed by atoms with E-state index in [1.807, 2.05) is 0 Å². The van der Waals surface area contributed by atoms with Gasteiger partial charge in [-0.15, -0.1) is 0 Å². The summed E-state index contributed by atoms with van der Waals surface area (Å²) in [6, 6.07) is 8.74. The summed E-state index contributed by atoms with van der Waals surface area (Å²) in [6.07, 6.45) is 7.69. The number of ether oxygens (including phenoxy) is 1. The van der Waals surface area contributed by atoms with Crippen LogP contribution < -0.4 is 4.74 Å². The maximum atomic E-state index is 10.7. The molecule has 3 rings (SSSR count). The van der Waals surface area contributed by atoms with Crippen molar-refractivity contribution >= 4 is 5.97 Å². The molecule has 0 unspecified atom stereocenters. The van der Waals surface area contributed by atoms with Gasteiger partial charge in [-0.1, -0.05) is 32.9 Å². The first-order chi connectivity index (χ1) is 13.3. The highest BCUT2D eigenvalue weighted by Gasteiger charge is 2.30. The second-order valence-electron chi connectivity index (χ2n) is 9.79. The molecule has 1 aromatic carbocycles. The molecular weight excluding hydrogens is 350 g/mol. The second kappa shape index (κ2) is 9.30. The highest BCUT2D eigenvalue weighted by atomic mass is 16.5. The van der Waals surface area contributed by atoms with E-state index in [-0.39, 0.29) is 6.42 Å². The Morgan fingerprint density at radius 3 is 2.18 bits per heavy atom. The van der Waals surface area contributed by atoms with E-state index in [0.29, 0.717) is 24.0 Å². The minimum Gasteiger partial charge on any atom is -0.490 e. The van der Waals surface area contributed by atoms with E-state index in [1.54, 1.807) is 0 Å². The SMILES string of the molecule is CC(C)(C)[C@H]1CC[C@H](Oc2ccc(C3CCN(CCC(=O)O)CC3)cc2)CC1. The number of hydrogen-bond donors (Lipinski definition) is 1. The van der Waals surface area contributed by atoms with Crippen molar-refractivity contribution in [3.63, 3.8) is 0 Å². The maximum absolute atomic E-state index is 10.7. The van der Waals surface area contributed by atoms with Gasteiger partial charge in [-0.2, -0.15) is 0 Å². The summed E-state index contributed by atoms with van der Waals surface area (Å²) < 4.78 is 6.27. The maximum Gasteiger partial charge on any atom is 0.304 e. The average molecular weight is 388 g/mol. The molecule has 156 valence electrons. The lowest BCUT2D eigenvalue weighted by atomic mass is 9.72. The Labute approximate surface area is 170 Å². The predicted octanol–water partition coefficient (Wildman–Crippen LogP) is 5.32. The van der Waals surface area contributed by atoms with Gasteiger partial charge in [0.2, 0.25) is 0 Å². The van der Waals surface area contributed by atoms with Gasteiger partial charge < -0.3 is 14.7 Å². The number of benzene rings is 1. The summed E-state index contributed by atoms with van der Waals surface area (Å²) in [4.78, 5) is 13.0. The Bertz CT molecular complexity index is 618. The molecule has 0 radical (unpaired) electrons. The summed E-state index contributed by atoms with van der Waals surface area (Å²) in [5.74, 6) is 1.69. The third kappa shape index (κ3) is 5.97. The van der Waals surface area contributed by atoms with Gasteiger partial charge in [-0.25, -0.2) is 0 Å². The molecule has 28 heavy (non-hydrogen) atoms. The van der Waals surface area contributed by atoms with E-state index >= 15 is 0 Å². The van der Waals surface area contributed by atoms with E-state index in [9.17, 15) is 4.79 Å². The second-order valence-corrected chi connectivity index (χ2v) is 9.79. The fraction of sp³-hybridized carbons (Fsp3) is 0.708. The lowest BCUT2D eigenvalue weighted by Gasteiger charge is -2.37. The zero-order chi connectivity index (χ0) is 20.1. The van der Waals surface area contributed by atoms with Crippen LogP contribution >= 0.6 is 0 Å². The number of piperidine rings is 1. The van der Waals surface area contributed by atoms with Gasteiger partial charge in [0, 0.05) is 6.54 Å². The molecule has 4 nitrogen and oxygen atoms in total. The summed E-state index contributed by atoms with van der Waals surface area (Å²) in [5, 5.41) is 8.83. The Morgan fingerprint density at radius 2 is 1.64 bits per heavy atom. The Balaban J connectivity index is 1.44. The van der Waals surface area contributed by atoms with Gasteiger partial charge >= 0.3 is 5.97 Å². The summed E-state index contributed by atoms with van der Waals surface area (Å²) in [6.45, 7) is 9.73. The molecule has 0 spiro atoms. The lowest BCUT2D eigenvalue weighted by Crippen LogP contribution is -2.34. The Hall–Kier alpha value is -1.55. The van der Waals surface area contributed by atoms with Crippen LogP contribution in [0.15, 0.2) is 24.3 Å². The van der Waals surface area contributed by atoms with Crippen molar-refractivity contribution in [2.45, 2.75) is 77.7 Å². The van der Waals surface area contributed by atoms with E-state index < -0.39 is 5.97 Å². The normalized spacial score (nSPS) is 24.8. The lowest BCUT2D eigenvalue weighted by molar-refractivity contribution is -0.137. The van der Waals surface area contributed by atoms with E-state index in [2.05, 4.69) is 49.9 Å². The third-order valence-electron chi connectivity index (χ3n) is 6.78. The molecular formula is C24H37NO3. The number of carboxylic acid groups (broad SMARTS) is 1. The molecule has 1 aliphatic heterocycles. The molecule has 1 heterocycles. The van der Waals surface area contributed by atoms with Crippen molar-refractivity contribution in [2.24, 2.45) is 11.3 Å². The van der Waals surface area contributed by atoms with E-state index in [4.69, 9.17) is 9.84 Å².